The second-order valence-electron chi connectivity index (χ2n) is 11.8. The number of hydrogen-bond donors (Lipinski definition) is 5. The Morgan fingerprint density at radius 2 is 1.38 bits per heavy atom. The summed E-state index contributed by atoms with van der Waals surface area (Å²) >= 11 is 0. The number of aromatic carboxylic acids is 2. The molecule has 2 heterocycles. The molecule has 1 unspecified atom stereocenters. The molecule has 1 atom stereocenters. The first-order valence-corrected chi connectivity index (χ1v) is 15.6. The first-order chi connectivity index (χ1) is 25.4. The number of nitrogens with one attached hydrogen (secondary N) is 1. The van der Waals surface area contributed by atoms with Crippen LogP contribution >= 0.6 is 0 Å². The third-order valence-corrected chi connectivity index (χ3v) is 8.69. The van der Waals surface area contributed by atoms with Crippen molar-refractivity contribution in [2.75, 3.05) is 17.3 Å². The lowest BCUT2D eigenvalue weighted by molar-refractivity contribution is 0.0224. The Hall–Kier alpha value is -7.55. The van der Waals surface area contributed by atoms with Crippen molar-refractivity contribution in [2.24, 2.45) is 0 Å². The van der Waals surface area contributed by atoms with Crippen molar-refractivity contribution >= 4 is 47.2 Å². The fraction of sp³-hybridized carbons (Fsp3) is 0.0789. The third-order valence-electron chi connectivity index (χ3n) is 8.69. The topological polar surface area (TPSA) is 218 Å². The number of benzene rings is 5. The number of aromatic hydroxyl groups is 2. The molecule has 2 aliphatic heterocycles. The molecule has 53 heavy (non-hydrogen) atoms. The molecule has 0 aromatic heterocycles. The number of methoxy groups -OCH3 is 1. The summed E-state index contributed by atoms with van der Waals surface area (Å²) in [6, 6.07) is 23.4. The zero-order valence-corrected chi connectivity index (χ0v) is 27.4. The van der Waals surface area contributed by atoms with Gasteiger partial charge in [0, 0.05) is 40.6 Å². The highest BCUT2D eigenvalue weighted by atomic mass is 16.6. The van der Waals surface area contributed by atoms with E-state index in [2.05, 4.69) is 5.32 Å². The van der Waals surface area contributed by atoms with E-state index in [0.717, 1.165) is 24.1 Å². The molecular formula is C38H26N2O13. The molecule has 266 valence electrons. The molecule has 1 spiro atoms. The maximum atomic E-state index is 13.3. The highest BCUT2D eigenvalue weighted by Crippen LogP contribution is 2.57. The summed E-state index contributed by atoms with van der Waals surface area (Å²) in [4.78, 5) is 63.0. The van der Waals surface area contributed by atoms with E-state index in [4.69, 9.17) is 24.1 Å². The quantitative estimate of drug-likeness (QED) is 0.0873. The summed E-state index contributed by atoms with van der Waals surface area (Å²) in [5.41, 5.74) is 0.244. The van der Waals surface area contributed by atoms with Crippen LogP contribution in [0.15, 0.2) is 97.1 Å². The molecule has 0 radical (unpaired) electrons. The minimum atomic E-state index is -1.52. The van der Waals surface area contributed by atoms with Crippen LogP contribution in [-0.4, -0.2) is 57.6 Å². The number of carbonyl (C=O) groups is 5. The van der Waals surface area contributed by atoms with Gasteiger partial charge in [-0.15, -0.1) is 0 Å². The Bertz CT molecular complexity index is 2390. The van der Waals surface area contributed by atoms with E-state index in [0.29, 0.717) is 27.8 Å². The number of ether oxygens (including phenoxy) is 4. The molecule has 7 rings (SSSR count). The third kappa shape index (κ3) is 5.81. The van der Waals surface area contributed by atoms with Gasteiger partial charge in [-0.05, 0) is 60.2 Å². The van der Waals surface area contributed by atoms with E-state index < -0.39 is 47.2 Å². The molecule has 2 amide bonds. The van der Waals surface area contributed by atoms with Crippen LogP contribution in [0.4, 0.5) is 26.7 Å². The van der Waals surface area contributed by atoms with Crippen LogP contribution in [0.3, 0.4) is 0 Å². The smallest absolute Gasteiger partial charge is 0.418 e. The molecule has 0 saturated heterocycles. The molecule has 5 aromatic carbocycles. The molecule has 2 aliphatic rings. The molecule has 5 N–H and O–H groups in total. The second-order valence-corrected chi connectivity index (χ2v) is 11.8. The number of carbonyl (C=O) groups excluding carboxylic acids is 3. The molecule has 0 bridgehead atoms. The van der Waals surface area contributed by atoms with Gasteiger partial charge < -0.3 is 39.4 Å². The molecular weight excluding hydrogens is 692 g/mol. The van der Waals surface area contributed by atoms with Gasteiger partial charge in [-0.2, -0.15) is 0 Å². The fourth-order valence-corrected chi connectivity index (χ4v) is 6.32. The number of phenols is 2. The SMILES string of the molecule is COC(=O)N(c1ccc(C(=O)O)c(O)c1)c1ccc2c(c1)Oc1cc(NC(=O)OCc3ccc(C(=O)O)c(O)c3)ccc1C21OC(=O)c2ccccc21. The highest BCUT2D eigenvalue weighted by molar-refractivity contribution is 6.00. The van der Waals surface area contributed by atoms with Crippen molar-refractivity contribution in [1.82, 2.24) is 0 Å². The number of anilines is 3. The number of fused-ring (bicyclic) bond motifs is 6. The standard InChI is InChI=1S/C38H26N2O13/c1-50-37(49)40(21-8-11-25(34(45)46)30(42)16-21)22-9-13-28-32(17-22)52-31-15-20(39-36(48)51-18-19-6-10-24(33(43)44)29(41)14-19)7-12-27(31)38(28)26-5-3-2-4-23(26)35(47)53-38/h2-17,41-42H,18H2,1H3,(H,39,48)(H,43,44)(H,45,46). The molecule has 5 aromatic rings. The van der Waals surface area contributed by atoms with Gasteiger partial charge in [-0.3, -0.25) is 5.32 Å². The number of nitrogens with zero attached hydrogens (tertiary/aromatic N) is 1. The van der Waals surface area contributed by atoms with Gasteiger partial charge in [0.1, 0.15) is 40.7 Å². The van der Waals surface area contributed by atoms with Crippen molar-refractivity contribution < 1.29 is 63.3 Å². The lowest BCUT2D eigenvalue weighted by atomic mass is 9.77. The van der Waals surface area contributed by atoms with E-state index >= 15 is 0 Å². The van der Waals surface area contributed by atoms with Crippen LogP contribution in [0.1, 0.15) is 53.3 Å². The van der Waals surface area contributed by atoms with E-state index in [9.17, 15) is 39.3 Å². The number of carboxylic acid groups (broad SMARTS) is 2. The van der Waals surface area contributed by atoms with Crippen LogP contribution < -0.4 is 15.0 Å². The predicted octanol–water partition coefficient (Wildman–Crippen LogP) is 6.72. The summed E-state index contributed by atoms with van der Waals surface area (Å²) in [6.45, 7) is -0.291. The van der Waals surface area contributed by atoms with Gasteiger partial charge in [0.25, 0.3) is 0 Å². The van der Waals surface area contributed by atoms with Gasteiger partial charge in [0.05, 0.1) is 24.0 Å². The van der Waals surface area contributed by atoms with Crippen LogP contribution in [0.5, 0.6) is 23.0 Å². The highest BCUT2D eigenvalue weighted by Gasteiger charge is 2.53. The van der Waals surface area contributed by atoms with Crippen molar-refractivity contribution in [3.8, 4) is 23.0 Å². The number of esters is 1. The van der Waals surface area contributed by atoms with E-state index in [1.54, 1.807) is 48.5 Å². The summed E-state index contributed by atoms with van der Waals surface area (Å²) in [5, 5.41) is 41.4. The number of amides is 2. The first-order valence-electron chi connectivity index (χ1n) is 15.6. The summed E-state index contributed by atoms with van der Waals surface area (Å²) in [6.07, 6.45) is -1.77. The summed E-state index contributed by atoms with van der Waals surface area (Å²) < 4.78 is 22.8. The van der Waals surface area contributed by atoms with Crippen molar-refractivity contribution in [1.29, 1.82) is 0 Å². The Morgan fingerprint density at radius 3 is 2.06 bits per heavy atom. The number of hydrogen-bond acceptors (Lipinski definition) is 11. The number of carboxylic acids is 2. The predicted molar refractivity (Wildman–Crippen MR) is 183 cm³/mol. The van der Waals surface area contributed by atoms with Crippen LogP contribution in [0.2, 0.25) is 0 Å². The van der Waals surface area contributed by atoms with E-state index in [-0.39, 0.29) is 46.3 Å². The zero-order valence-electron chi connectivity index (χ0n) is 27.4. The molecule has 0 aliphatic carbocycles. The monoisotopic (exact) mass is 718 g/mol. The Balaban J connectivity index is 1.26. The maximum absolute atomic E-state index is 13.3. The number of rotatable bonds is 7. The minimum absolute atomic E-state index is 0.0703. The van der Waals surface area contributed by atoms with Gasteiger partial charge in [0.2, 0.25) is 0 Å². The Morgan fingerprint density at radius 1 is 0.755 bits per heavy atom. The molecule has 0 saturated carbocycles. The van der Waals surface area contributed by atoms with Crippen molar-refractivity contribution in [3.05, 3.63) is 136 Å². The molecule has 15 heteroatoms. The largest absolute Gasteiger partial charge is 0.507 e. The summed E-state index contributed by atoms with van der Waals surface area (Å²) in [5.74, 6) is -4.04. The lowest BCUT2D eigenvalue weighted by Crippen LogP contribution is -2.33. The average molecular weight is 719 g/mol. The van der Waals surface area contributed by atoms with Gasteiger partial charge in [0.15, 0.2) is 5.60 Å². The van der Waals surface area contributed by atoms with Crippen molar-refractivity contribution in [3.63, 3.8) is 0 Å². The molecule has 15 nitrogen and oxygen atoms in total. The zero-order chi connectivity index (χ0) is 37.6. The fourth-order valence-electron chi connectivity index (χ4n) is 6.32. The van der Waals surface area contributed by atoms with Crippen LogP contribution in [-0.2, 0) is 26.4 Å². The van der Waals surface area contributed by atoms with Gasteiger partial charge in [-0.25, -0.2) is 28.9 Å². The lowest BCUT2D eigenvalue weighted by Gasteiger charge is -2.37. The van der Waals surface area contributed by atoms with E-state index in [1.165, 1.54) is 36.4 Å². The summed E-state index contributed by atoms with van der Waals surface area (Å²) in [7, 11) is 1.15. The van der Waals surface area contributed by atoms with Gasteiger partial charge in [-0.1, -0.05) is 24.3 Å². The van der Waals surface area contributed by atoms with Crippen molar-refractivity contribution in [2.45, 2.75) is 12.2 Å². The van der Waals surface area contributed by atoms with Gasteiger partial charge >= 0.3 is 30.1 Å². The average Bonchev–Trinajstić information content (AvgIpc) is 3.42. The first kappa shape index (κ1) is 33.9. The van der Waals surface area contributed by atoms with Crippen LogP contribution in [0, 0.1) is 0 Å². The Labute approximate surface area is 298 Å². The Kier molecular flexibility index (Phi) is 8.30. The molecule has 0 fully saturated rings. The van der Waals surface area contributed by atoms with E-state index in [1.807, 2.05) is 0 Å². The van der Waals surface area contributed by atoms with Crippen LogP contribution in [0.25, 0.3) is 0 Å². The maximum Gasteiger partial charge on any atom is 0.418 e. The minimum Gasteiger partial charge on any atom is -0.507 e. The normalized spacial score (nSPS) is 14.8. The second kappa shape index (κ2) is 13.0.